The molecule has 0 saturated carbocycles. The van der Waals surface area contributed by atoms with Gasteiger partial charge in [-0.25, -0.2) is 8.42 Å². The van der Waals surface area contributed by atoms with E-state index in [0.717, 1.165) is 16.5 Å². The maximum atomic E-state index is 12.3. The minimum Gasteiger partial charge on any atom is -0.393 e. The van der Waals surface area contributed by atoms with Gasteiger partial charge in [0.05, 0.1) is 17.9 Å². The van der Waals surface area contributed by atoms with Crippen LogP contribution in [0.3, 0.4) is 0 Å². The summed E-state index contributed by atoms with van der Waals surface area (Å²) in [6.07, 6.45) is 2.71. The number of nitrogens with one attached hydrogen (secondary N) is 1. The number of carbonyl (C=O) groups excluding carboxylic acids is 1. The smallest absolute Gasteiger partial charge is 0.255 e. The number of hydrogen-bond acceptors (Lipinski definition) is 4. The maximum absolute atomic E-state index is 12.3. The van der Waals surface area contributed by atoms with Crippen molar-refractivity contribution >= 4 is 27.7 Å². The Hall–Kier alpha value is -2.64. The minimum atomic E-state index is -3.62. The molecule has 1 heterocycles. The number of hydrogen-bond donors (Lipinski definition) is 2. The number of rotatable bonds is 6. The summed E-state index contributed by atoms with van der Waals surface area (Å²) in [6.45, 7) is 1.15. The summed E-state index contributed by atoms with van der Waals surface area (Å²) in [4.78, 5) is 14.1. The normalized spacial score (nSPS) is 15.7. The fraction of sp³-hybridized carbons (Fsp3) is 0.286. The number of aliphatic hydroxyl groups is 1. The molecule has 0 radical (unpaired) electrons. The number of nitrogens with zero attached hydrogens (tertiary/aromatic N) is 1. The van der Waals surface area contributed by atoms with E-state index in [1.165, 1.54) is 6.08 Å². The molecule has 1 saturated heterocycles. The van der Waals surface area contributed by atoms with Crippen molar-refractivity contribution in [3.63, 3.8) is 0 Å². The standard InChI is InChI=1S/C21H24N2O4S/c24-20-10-13-23(14-11-20)21(25)16-18-6-8-19(9-7-18)22-28(26,27)15-12-17-4-2-1-3-5-17/h1-9,12,15,20,22,24H,10-11,13-14,16H2/b15-12+. The van der Waals surface area contributed by atoms with Crippen LogP contribution in [0.4, 0.5) is 5.69 Å². The first kappa shape index (κ1) is 20.1. The van der Waals surface area contributed by atoms with Crippen LogP contribution in [0.15, 0.2) is 60.0 Å². The molecule has 2 aromatic rings. The van der Waals surface area contributed by atoms with Gasteiger partial charge in [0, 0.05) is 18.8 Å². The van der Waals surface area contributed by atoms with E-state index in [1.807, 2.05) is 30.3 Å². The average molecular weight is 401 g/mol. The Morgan fingerprint density at radius 3 is 2.36 bits per heavy atom. The summed E-state index contributed by atoms with van der Waals surface area (Å²) in [5, 5.41) is 10.7. The molecule has 1 amide bonds. The summed E-state index contributed by atoms with van der Waals surface area (Å²) in [5.74, 6) is 0.0195. The minimum absolute atomic E-state index is 0.0195. The Kier molecular flexibility index (Phi) is 6.49. The highest BCUT2D eigenvalue weighted by molar-refractivity contribution is 7.95. The fourth-order valence-electron chi connectivity index (χ4n) is 3.02. The second kappa shape index (κ2) is 9.03. The third-order valence-electron chi connectivity index (χ3n) is 4.63. The van der Waals surface area contributed by atoms with Crippen LogP contribution in [0, 0.1) is 0 Å². The summed E-state index contributed by atoms with van der Waals surface area (Å²) < 4.78 is 26.9. The third-order valence-corrected chi connectivity index (χ3v) is 5.64. The number of amides is 1. The molecular formula is C21H24N2O4S. The zero-order chi connectivity index (χ0) is 20.0. The molecule has 1 aliphatic heterocycles. The lowest BCUT2D eigenvalue weighted by Crippen LogP contribution is -2.40. The van der Waals surface area contributed by atoms with Crippen LogP contribution in [0.25, 0.3) is 6.08 Å². The molecule has 0 bridgehead atoms. The second-order valence-electron chi connectivity index (χ2n) is 6.85. The van der Waals surface area contributed by atoms with Crippen LogP contribution >= 0.6 is 0 Å². The Labute approximate surface area is 165 Å². The van der Waals surface area contributed by atoms with Gasteiger partial charge in [0.15, 0.2) is 0 Å². The van der Waals surface area contributed by atoms with Crippen molar-refractivity contribution in [2.45, 2.75) is 25.4 Å². The van der Waals surface area contributed by atoms with Crippen LogP contribution in [0.2, 0.25) is 0 Å². The zero-order valence-corrected chi connectivity index (χ0v) is 16.3. The maximum Gasteiger partial charge on any atom is 0.255 e. The number of piperidine rings is 1. The van der Waals surface area contributed by atoms with E-state index in [2.05, 4.69) is 4.72 Å². The van der Waals surface area contributed by atoms with E-state index in [9.17, 15) is 18.3 Å². The van der Waals surface area contributed by atoms with Gasteiger partial charge in [0.1, 0.15) is 0 Å². The highest BCUT2D eigenvalue weighted by atomic mass is 32.2. The number of likely N-dealkylation sites (tertiary alicyclic amines) is 1. The predicted octanol–water partition coefficient (Wildman–Crippen LogP) is 2.63. The molecule has 1 fully saturated rings. The number of carbonyl (C=O) groups is 1. The molecule has 148 valence electrons. The number of anilines is 1. The predicted molar refractivity (Wildman–Crippen MR) is 110 cm³/mol. The van der Waals surface area contributed by atoms with Crippen LogP contribution in [-0.4, -0.2) is 43.5 Å². The quantitative estimate of drug-likeness (QED) is 0.780. The van der Waals surface area contributed by atoms with Crippen molar-refractivity contribution in [1.82, 2.24) is 4.90 Å². The van der Waals surface area contributed by atoms with E-state index in [-0.39, 0.29) is 18.4 Å². The topological polar surface area (TPSA) is 86.7 Å². The zero-order valence-electron chi connectivity index (χ0n) is 15.5. The molecule has 0 atom stereocenters. The van der Waals surface area contributed by atoms with E-state index < -0.39 is 10.0 Å². The first-order chi connectivity index (χ1) is 13.4. The third kappa shape index (κ3) is 5.94. The van der Waals surface area contributed by atoms with Gasteiger partial charge in [-0.1, -0.05) is 42.5 Å². The van der Waals surface area contributed by atoms with Crippen LogP contribution in [0.1, 0.15) is 24.0 Å². The Balaban J connectivity index is 1.56. The van der Waals surface area contributed by atoms with Gasteiger partial charge in [0.2, 0.25) is 5.91 Å². The number of sulfonamides is 1. The Bertz CT molecular complexity index is 917. The molecule has 1 aliphatic rings. The molecule has 2 aromatic carbocycles. The summed E-state index contributed by atoms with van der Waals surface area (Å²) in [7, 11) is -3.62. The van der Waals surface area contributed by atoms with Gasteiger partial charge < -0.3 is 10.0 Å². The van der Waals surface area contributed by atoms with E-state index in [4.69, 9.17) is 0 Å². The molecule has 0 spiro atoms. The van der Waals surface area contributed by atoms with Gasteiger partial charge in [0.25, 0.3) is 10.0 Å². The van der Waals surface area contributed by atoms with Gasteiger partial charge in [-0.2, -0.15) is 0 Å². The van der Waals surface area contributed by atoms with E-state index in [1.54, 1.807) is 29.2 Å². The second-order valence-corrected chi connectivity index (χ2v) is 8.41. The molecule has 2 N–H and O–H groups in total. The molecule has 7 heteroatoms. The van der Waals surface area contributed by atoms with Crippen LogP contribution < -0.4 is 4.72 Å². The molecule has 28 heavy (non-hydrogen) atoms. The number of aliphatic hydroxyl groups excluding tert-OH is 1. The monoisotopic (exact) mass is 400 g/mol. The van der Waals surface area contributed by atoms with Crippen molar-refractivity contribution in [3.8, 4) is 0 Å². The van der Waals surface area contributed by atoms with E-state index in [0.29, 0.717) is 31.6 Å². The highest BCUT2D eigenvalue weighted by Gasteiger charge is 2.21. The molecule has 0 aromatic heterocycles. The SMILES string of the molecule is O=C(Cc1ccc(NS(=O)(=O)/C=C/c2ccccc2)cc1)N1CCC(O)CC1. The molecule has 6 nitrogen and oxygen atoms in total. The lowest BCUT2D eigenvalue weighted by atomic mass is 10.1. The van der Waals surface area contributed by atoms with Crippen molar-refractivity contribution in [2.24, 2.45) is 0 Å². The Morgan fingerprint density at radius 1 is 1.07 bits per heavy atom. The lowest BCUT2D eigenvalue weighted by Gasteiger charge is -2.29. The van der Waals surface area contributed by atoms with Crippen molar-refractivity contribution in [3.05, 3.63) is 71.1 Å². The number of benzene rings is 2. The molecular weight excluding hydrogens is 376 g/mol. The average Bonchev–Trinajstić information content (AvgIpc) is 2.69. The highest BCUT2D eigenvalue weighted by Crippen LogP contribution is 2.16. The molecule has 3 rings (SSSR count). The van der Waals surface area contributed by atoms with Gasteiger partial charge in [-0.3, -0.25) is 9.52 Å². The van der Waals surface area contributed by atoms with Crippen LogP contribution in [-0.2, 0) is 21.2 Å². The Morgan fingerprint density at radius 2 is 1.71 bits per heavy atom. The summed E-state index contributed by atoms with van der Waals surface area (Å²) in [5.41, 5.74) is 2.06. The summed E-state index contributed by atoms with van der Waals surface area (Å²) >= 11 is 0. The summed E-state index contributed by atoms with van der Waals surface area (Å²) in [6, 6.07) is 16.0. The first-order valence-electron chi connectivity index (χ1n) is 9.22. The van der Waals surface area contributed by atoms with Crippen molar-refractivity contribution in [1.29, 1.82) is 0 Å². The van der Waals surface area contributed by atoms with Gasteiger partial charge in [-0.15, -0.1) is 0 Å². The van der Waals surface area contributed by atoms with Crippen molar-refractivity contribution < 1.29 is 18.3 Å². The molecule has 0 unspecified atom stereocenters. The van der Waals surface area contributed by atoms with Crippen molar-refractivity contribution in [2.75, 3.05) is 17.8 Å². The van der Waals surface area contributed by atoms with Gasteiger partial charge in [-0.05, 0) is 42.2 Å². The molecule has 0 aliphatic carbocycles. The van der Waals surface area contributed by atoms with E-state index >= 15 is 0 Å². The fourth-order valence-corrected chi connectivity index (χ4v) is 3.89. The lowest BCUT2D eigenvalue weighted by molar-refractivity contribution is -0.132. The van der Waals surface area contributed by atoms with Gasteiger partial charge >= 0.3 is 0 Å². The first-order valence-corrected chi connectivity index (χ1v) is 10.8. The van der Waals surface area contributed by atoms with Crippen LogP contribution in [0.5, 0.6) is 0 Å². The largest absolute Gasteiger partial charge is 0.393 e.